The highest BCUT2D eigenvalue weighted by Crippen LogP contribution is 2.33. The number of nitrogens with two attached hydrogens (primary N) is 1. The average Bonchev–Trinajstić information content (AvgIpc) is 3.12. The summed E-state index contributed by atoms with van der Waals surface area (Å²) in [5.74, 6) is 1.47. The second-order valence-corrected chi connectivity index (χ2v) is 8.03. The van der Waals surface area contributed by atoms with Crippen LogP contribution < -0.4 is 20.5 Å². The fourth-order valence-electron chi connectivity index (χ4n) is 4.21. The highest BCUT2D eigenvalue weighted by Gasteiger charge is 2.37. The van der Waals surface area contributed by atoms with Crippen molar-refractivity contribution in [3.05, 3.63) is 23.8 Å². The van der Waals surface area contributed by atoms with Crippen molar-refractivity contribution in [1.29, 1.82) is 0 Å². The Morgan fingerprint density at radius 1 is 1.19 bits per heavy atom. The molecule has 3 rings (SSSR count). The van der Waals surface area contributed by atoms with Gasteiger partial charge in [0.1, 0.15) is 0 Å². The van der Waals surface area contributed by atoms with Gasteiger partial charge in [-0.25, -0.2) is 0 Å². The van der Waals surface area contributed by atoms with Crippen molar-refractivity contribution in [1.82, 2.24) is 5.32 Å². The third-order valence-corrected chi connectivity index (χ3v) is 5.86. The Labute approximate surface area is 156 Å². The summed E-state index contributed by atoms with van der Waals surface area (Å²) >= 11 is 0. The molecule has 1 amide bonds. The van der Waals surface area contributed by atoms with Crippen molar-refractivity contribution in [2.45, 2.75) is 76.5 Å². The summed E-state index contributed by atoms with van der Waals surface area (Å²) < 4.78 is 11.6. The number of carbonyl (C=O) groups is 1. The van der Waals surface area contributed by atoms with Gasteiger partial charge in [-0.3, -0.25) is 4.79 Å². The zero-order chi connectivity index (χ0) is 18.6. The van der Waals surface area contributed by atoms with Crippen LogP contribution in [0, 0.1) is 5.92 Å². The van der Waals surface area contributed by atoms with Gasteiger partial charge in [0, 0.05) is 12.1 Å². The summed E-state index contributed by atoms with van der Waals surface area (Å²) in [5, 5.41) is 3.07. The van der Waals surface area contributed by atoms with Crippen molar-refractivity contribution in [3.8, 4) is 11.5 Å². The number of carbonyl (C=O) groups excluding carboxylic acids is 1. The Kier molecular flexibility index (Phi) is 6.07. The van der Waals surface area contributed by atoms with Crippen LogP contribution in [0.4, 0.5) is 0 Å². The summed E-state index contributed by atoms with van der Waals surface area (Å²) in [5.41, 5.74) is 6.96. The molecule has 0 bridgehead atoms. The van der Waals surface area contributed by atoms with Gasteiger partial charge in [-0.1, -0.05) is 18.9 Å². The van der Waals surface area contributed by atoms with Crippen molar-refractivity contribution >= 4 is 5.91 Å². The van der Waals surface area contributed by atoms with Gasteiger partial charge in [0.25, 0.3) is 0 Å². The number of nitrogens with one attached hydrogen (secondary N) is 1. The maximum atomic E-state index is 12.6. The van der Waals surface area contributed by atoms with Crippen LogP contribution >= 0.6 is 0 Å². The molecule has 0 aliphatic heterocycles. The van der Waals surface area contributed by atoms with E-state index in [0.717, 1.165) is 55.6 Å². The second kappa shape index (κ2) is 8.30. The molecule has 144 valence electrons. The first-order valence-corrected chi connectivity index (χ1v) is 9.90. The van der Waals surface area contributed by atoms with Crippen LogP contribution in [0.1, 0.15) is 63.9 Å². The maximum absolute atomic E-state index is 12.6. The minimum Gasteiger partial charge on any atom is -0.493 e. The van der Waals surface area contributed by atoms with Gasteiger partial charge in [0.05, 0.1) is 19.1 Å². The van der Waals surface area contributed by atoms with Crippen molar-refractivity contribution < 1.29 is 14.3 Å². The molecule has 2 aliphatic rings. The molecule has 5 nitrogen and oxygen atoms in total. The molecular weight excluding hydrogens is 328 g/mol. The molecule has 0 aromatic heterocycles. The van der Waals surface area contributed by atoms with E-state index in [2.05, 4.69) is 5.32 Å². The second-order valence-electron chi connectivity index (χ2n) is 8.03. The molecule has 26 heavy (non-hydrogen) atoms. The van der Waals surface area contributed by atoms with Crippen molar-refractivity contribution in [3.63, 3.8) is 0 Å². The van der Waals surface area contributed by atoms with E-state index in [1.54, 1.807) is 7.11 Å². The fraction of sp³-hybridized carbons (Fsp3) is 0.667. The molecule has 3 N–H and O–H groups in total. The van der Waals surface area contributed by atoms with Gasteiger partial charge in [-0.05, 0) is 63.1 Å². The number of methoxy groups -OCH3 is 1. The third kappa shape index (κ3) is 4.50. The topological polar surface area (TPSA) is 73.6 Å². The molecule has 2 fully saturated rings. The fourth-order valence-corrected chi connectivity index (χ4v) is 4.21. The van der Waals surface area contributed by atoms with Crippen LogP contribution in [-0.2, 0) is 11.3 Å². The highest BCUT2D eigenvalue weighted by molar-refractivity contribution is 5.80. The lowest BCUT2D eigenvalue weighted by Gasteiger charge is -2.37. The number of hydrogen-bond acceptors (Lipinski definition) is 4. The first kappa shape index (κ1) is 19.0. The zero-order valence-electron chi connectivity index (χ0n) is 16.1. The van der Waals surface area contributed by atoms with Gasteiger partial charge < -0.3 is 20.5 Å². The predicted molar refractivity (Wildman–Crippen MR) is 102 cm³/mol. The predicted octanol–water partition coefficient (Wildman–Crippen LogP) is 3.54. The first-order valence-electron chi connectivity index (χ1n) is 9.90. The molecule has 1 aromatic carbocycles. The van der Waals surface area contributed by atoms with Gasteiger partial charge in [0.15, 0.2) is 11.5 Å². The molecule has 5 heteroatoms. The molecule has 2 unspecified atom stereocenters. The number of rotatable bonds is 6. The Hall–Kier alpha value is -1.75. The number of ether oxygens (including phenoxy) is 2. The lowest BCUT2D eigenvalue weighted by molar-refractivity contribution is -0.128. The number of amides is 1. The third-order valence-electron chi connectivity index (χ3n) is 5.86. The molecule has 2 atom stereocenters. The van der Waals surface area contributed by atoms with E-state index < -0.39 is 5.54 Å². The maximum Gasteiger partial charge on any atom is 0.225 e. The van der Waals surface area contributed by atoms with E-state index >= 15 is 0 Å². The number of benzene rings is 1. The van der Waals surface area contributed by atoms with Crippen LogP contribution in [0.5, 0.6) is 11.5 Å². The summed E-state index contributed by atoms with van der Waals surface area (Å²) in [6.07, 6.45) is 8.88. The van der Waals surface area contributed by atoms with E-state index in [4.69, 9.17) is 15.2 Å². The van der Waals surface area contributed by atoms with Crippen LogP contribution in [-0.4, -0.2) is 24.7 Å². The Morgan fingerprint density at radius 2 is 1.92 bits per heavy atom. The van der Waals surface area contributed by atoms with E-state index in [9.17, 15) is 4.79 Å². The van der Waals surface area contributed by atoms with E-state index in [1.165, 1.54) is 12.8 Å². The van der Waals surface area contributed by atoms with E-state index in [-0.39, 0.29) is 17.9 Å². The Bertz CT molecular complexity index is 624. The molecule has 0 heterocycles. The van der Waals surface area contributed by atoms with E-state index in [0.29, 0.717) is 6.54 Å². The first-order chi connectivity index (χ1) is 12.5. The normalized spacial score (nSPS) is 26.5. The monoisotopic (exact) mass is 360 g/mol. The van der Waals surface area contributed by atoms with Crippen molar-refractivity contribution in [2.75, 3.05) is 7.11 Å². The van der Waals surface area contributed by atoms with Gasteiger partial charge in [0.2, 0.25) is 5.91 Å². The summed E-state index contributed by atoms with van der Waals surface area (Å²) in [6.45, 7) is 2.48. The SMILES string of the molecule is COc1ccc(CNC(=O)C2CCCCC2(C)N)cc1OC1CCCC1. The van der Waals surface area contributed by atoms with Crippen LogP contribution in [0.2, 0.25) is 0 Å². The standard InChI is InChI=1S/C21H32N2O3/c1-21(22)12-6-5-9-17(21)20(24)23-14-15-10-11-18(25-2)19(13-15)26-16-7-3-4-8-16/h10-11,13,16-17H,3-9,12,14,22H2,1-2H3,(H,23,24). The zero-order valence-corrected chi connectivity index (χ0v) is 16.1. The van der Waals surface area contributed by atoms with Gasteiger partial charge in [-0.15, -0.1) is 0 Å². The summed E-state index contributed by atoms with van der Waals surface area (Å²) in [4.78, 5) is 12.6. The molecule has 0 saturated heterocycles. The summed E-state index contributed by atoms with van der Waals surface area (Å²) in [6, 6.07) is 5.88. The molecule has 0 radical (unpaired) electrons. The average molecular weight is 360 g/mol. The van der Waals surface area contributed by atoms with Gasteiger partial charge in [-0.2, -0.15) is 0 Å². The smallest absolute Gasteiger partial charge is 0.225 e. The molecule has 1 aromatic rings. The highest BCUT2D eigenvalue weighted by atomic mass is 16.5. The minimum atomic E-state index is -0.404. The molecule has 0 spiro atoms. The Balaban J connectivity index is 1.62. The molecule has 2 aliphatic carbocycles. The lowest BCUT2D eigenvalue weighted by Crippen LogP contribution is -2.52. The molecule has 2 saturated carbocycles. The largest absolute Gasteiger partial charge is 0.493 e. The quantitative estimate of drug-likeness (QED) is 0.814. The minimum absolute atomic E-state index is 0.0591. The van der Waals surface area contributed by atoms with Gasteiger partial charge >= 0.3 is 0 Å². The Morgan fingerprint density at radius 3 is 2.62 bits per heavy atom. The number of hydrogen-bond donors (Lipinski definition) is 2. The molecular formula is C21H32N2O3. The lowest BCUT2D eigenvalue weighted by atomic mass is 9.74. The van der Waals surface area contributed by atoms with Crippen LogP contribution in [0.25, 0.3) is 0 Å². The van der Waals surface area contributed by atoms with E-state index in [1.807, 2.05) is 25.1 Å². The van der Waals surface area contributed by atoms with Crippen molar-refractivity contribution in [2.24, 2.45) is 11.7 Å². The van der Waals surface area contributed by atoms with Crippen LogP contribution in [0.3, 0.4) is 0 Å². The summed E-state index contributed by atoms with van der Waals surface area (Å²) in [7, 11) is 1.66. The van der Waals surface area contributed by atoms with Crippen LogP contribution in [0.15, 0.2) is 18.2 Å².